The first-order valence-electron chi connectivity index (χ1n) is 7.95. The van der Waals surface area contributed by atoms with Gasteiger partial charge in [-0.2, -0.15) is 0 Å². The number of nitrogens with one attached hydrogen (secondary N) is 1. The Morgan fingerprint density at radius 3 is 2.50 bits per heavy atom. The molecule has 114 valence electrons. The minimum atomic E-state index is 0.971. The predicted octanol–water partition coefficient (Wildman–Crippen LogP) is 2.35. The molecule has 1 aromatic rings. The lowest BCUT2D eigenvalue weighted by molar-refractivity contribution is 0.271. The van der Waals surface area contributed by atoms with E-state index < -0.39 is 0 Å². The Kier molecular flexibility index (Phi) is 6.26. The van der Waals surface area contributed by atoms with Crippen LogP contribution >= 0.6 is 11.3 Å². The first-order valence-corrected chi connectivity index (χ1v) is 8.76. The topological polar surface area (TPSA) is 31.4 Å². The zero-order valence-corrected chi connectivity index (χ0v) is 13.9. The van der Waals surface area contributed by atoms with Crippen LogP contribution in [-0.2, 0) is 13.0 Å². The maximum absolute atomic E-state index is 4.91. The first-order chi connectivity index (χ1) is 9.78. The fourth-order valence-electron chi connectivity index (χ4n) is 2.57. The van der Waals surface area contributed by atoms with Crippen LogP contribution in [0.25, 0.3) is 0 Å². The quantitative estimate of drug-likeness (QED) is 0.837. The van der Waals surface area contributed by atoms with Crippen LogP contribution in [0.4, 0.5) is 5.13 Å². The molecule has 0 saturated carbocycles. The van der Waals surface area contributed by atoms with Crippen LogP contribution in [-0.4, -0.2) is 49.2 Å². The van der Waals surface area contributed by atoms with Crippen molar-refractivity contribution in [3.63, 3.8) is 0 Å². The van der Waals surface area contributed by atoms with Gasteiger partial charge >= 0.3 is 0 Å². The molecule has 4 nitrogen and oxygen atoms in total. The summed E-state index contributed by atoms with van der Waals surface area (Å²) in [4.78, 5) is 11.3. The lowest BCUT2D eigenvalue weighted by Crippen LogP contribution is -2.46. The van der Waals surface area contributed by atoms with Gasteiger partial charge in [0, 0.05) is 37.6 Å². The molecule has 2 rings (SSSR count). The van der Waals surface area contributed by atoms with E-state index in [1.807, 2.05) is 11.3 Å². The summed E-state index contributed by atoms with van der Waals surface area (Å²) in [7, 11) is 0. The molecule has 0 amide bonds. The molecule has 0 atom stereocenters. The van der Waals surface area contributed by atoms with Gasteiger partial charge in [-0.1, -0.05) is 27.2 Å². The van der Waals surface area contributed by atoms with Gasteiger partial charge < -0.3 is 15.1 Å². The van der Waals surface area contributed by atoms with E-state index in [0.29, 0.717) is 0 Å². The van der Waals surface area contributed by atoms with Crippen LogP contribution in [0.1, 0.15) is 37.8 Å². The monoisotopic (exact) mass is 296 g/mol. The predicted molar refractivity (Wildman–Crippen MR) is 87.8 cm³/mol. The number of hydrogen-bond acceptors (Lipinski definition) is 5. The molecule has 1 aliphatic rings. The molecule has 1 N–H and O–H groups in total. The van der Waals surface area contributed by atoms with Crippen LogP contribution in [0.5, 0.6) is 0 Å². The minimum absolute atomic E-state index is 0.971. The number of nitrogens with zero attached hydrogens (tertiary/aromatic N) is 3. The standard InChI is InChI=1S/C15H28N4S/c1-4-7-13-14(12-16-5-2)20-15(17-13)19-10-8-18(6-3)9-11-19/h16H,4-12H2,1-3H3. The highest BCUT2D eigenvalue weighted by molar-refractivity contribution is 7.15. The largest absolute Gasteiger partial charge is 0.346 e. The van der Waals surface area contributed by atoms with E-state index in [9.17, 15) is 0 Å². The van der Waals surface area contributed by atoms with E-state index in [1.165, 1.54) is 41.8 Å². The van der Waals surface area contributed by atoms with Crippen molar-refractivity contribution in [1.82, 2.24) is 15.2 Å². The molecule has 0 aromatic carbocycles. The van der Waals surface area contributed by atoms with Crippen LogP contribution in [0.15, 0.2) is 0 Å². The smallest absolute Gasteiger partial charge is 0.185 e. The second kappa shape index (κ2) is 7.96. The van der Waals surface area contributed by atoms with Gasteiger partial charge in [0.1, 0.15) is 0 Å². The molecule has 1 aromatic heterocycles. The average molecular weight is 296 g/mol. The second-order valence-corrected chi connectivity index (χ2v) is 6.38. The van der Waals surface area contributed by atoms with Gasteiger partial charge in [0.05, 0.1) is 5.69 Å². The summed E-state index contributed by atoms with van der Waals surface area (Å²) in [5.41, 5.74) is 1.31. The summed E-state index contributed by atoms with van der Waals surface area (Å²) >= 11 is 1.89. The van der Waals surface area contributed by atoms with Crippen molar-refractivity contribution in [2.75, 3.05) is 44.2 Å². The van der Waals surface area contributed by atoms with Gasteiger partial charge in [-0.3, -0.25) is 0 Å². The fourth-order valence-corrected chi connectivity index (χ4v) is 3.70. The molecular formula is C15H28N4S. The molecular weight excluding hydrogens is 268 g/mol. The fraction of sp³-hybridized carbons (Fsp3) is 0.800. The summed E-state index contributed by atoms with van der Waals surface area (Å²) in [5, 5.41) is 4.67. The normalized spacial score (nSPS) is 16.9. The number of thiazole rings is 1. The van der Waals surface area contributed by atoms with Crippen molar-refractivity contribution < 1.29 is 0 Å². The lowest BCUT2D eigenvalue weighted by Gasteiger charge is -2.33. The molecule has 2 heterocycles. The Morgan fingerprint density at radius 1 is 1.15 bits per heavy atom. The number of likely N-dealkylation sites (N-methyl/N-ethyl adjacent to an activating group) is 1. The Balaban J connectivity index is 2.04. The van der Waals surface area contributed by atoms with Gasteiger partial charge in [-0.05, 0) is 19.5 Å². The summed E-state index contributed by atoms with van der Waals surface area (Å²) in [5.74, 6) is 0. The Hall–Kier alpha value is -0.650. The van der Waals surface area contributed by atoms with Crippen molar-refractivity contribution >= 4 is 16.5 Å². The Bertz CT molecular complexity index is 397. The zero-order valence-electron chi connectivity index (χ0n) is 13.1. The van der Waals surface area contributed by atoms with E-state index in [1.54, 1.807) is 0 Å². The van der Waals surface area contributed by atoms with Gasteiger partial charge in [-0.15, -0.1) is 11.3 Å². The third kappa shape index (κ3) is 3.93. The lowest BCUT2D eigenvalue weighted by atomic mass is 10.2. The highest BCUT2D eigenvalue weighted by atomic mass is 32.1. The second-order valence-electron chi connectivity index (χ2n) is 5.32. The van der Waals surface area contributed by atoms with Crippen molar-refractivity contribution in [3.05, 3.63) is 10.6 Å². The van der Waals surface area contributed by atoms with Gasteiger partial charge in [0.25, 0.3) is 0 Å². The summed E-state index contributed by atoms with van der Waals surface area (Å²) < 4.78 is 0. The third-order valence-corrected chi connectivity index (χ3v) is 5.04. The number of hydrogen-bond donors (Lipinski definition) is 1. The van der Waals surface area contributed by atoms with E-state index in [-0.39, 0.29) is 0 Å². The van der Waals surface area contributed by atoms with Gasteiger partial charge in [0.2, 0.25) is 0 Å². The van der Waals surface area contributed by atoms with Gasteiger partial charge in [0.15, 0.2) is 5.13 Å². The van der Waals surface area contributed by atoms with Crippen LogP contribution < -0.4 is 10.2 Å². The van der Waals surface area contributed by atoms with E-state index in [2.05, 4.69) is 35.9 Å². The van der Waals surface area contributed by atoms with E-state index in [0.717, 1.165) is 32.6 Å². The molecule has 1 fully saturated rings. The van der Waals surface area contributed by atoms with Crippen molar-refractivity contribution in [3.8, 4) is 0 Å². The maximum Gasteiger partial charge on any atom is 0.185 e. The summed E-state index contributed by atoms with van der Waals surface area (Å²) in [6, 6.07) is 0. The number of piperazine rings is 1. The average Bonchev–Trinajstić information content (AvgIpc) is 2.89. The zero-order chi connectivity index (χ0) is 14.4. The molecule has 0 aliphatic carbocycles. The number of aromatic nitrogens is 1. The van der Waals surface area contributed by atoms with Gasteiger partial charge in [-0.25, -0.2) is 4.98 Å². The first kappa shape index (κ1) is 15.7. The SMILES string of the molecule is CCCc1nc(N2CCN(CC)CC2)sc1CNCC. The highest BCUT2D eigenvalue weighted by Gasteiger charge is 2.20. The molecule has 0 unspecified atom stereocenters. The molecule has 5 heteroatoms. The molecule has 1 aliphatic heterocycles. The summed E-state index contributed by atoms with van der Waals surface area (Å²) in [6.45, 7) is 14.4. The molecule has 1 saturated heterocycles. The minimum Gasteiger partial charge on any atom is -0.346 e. The molecule has 0 bridgehead atoms. The van der Waals surface area contributed by atoms with Crippen LogP contribution in [0, 0.1) is 0 Å². The summed E-state index contributed by atoms with van der Waals surface area (Å²) in [6.07, 6.45) is 2.28. The maximum atomic E-state index is 4.91. The van der Waals surface area contributed by atoms with Crippen LogP contribution in [0.3, 0.4) is 0 Å². The van der Waals surface area contributed by atoms with Crippen molar-refractivity contribution in [1.29, 1.82) is 0 Å². The molecule has 0 radical (unpaired) electrons. The van der Waals surface area contributed by atoms with Crippen molar-refractivity contribution in [2.24, 2.45) is 0 Å². The third-order valence-electron chi connectivity index (χ3n) is 3.88. The Labute approximate surface area is 127 Å². The van der Waals surface area contributed by atoms with E-state index >= 15 is 0 Å². The number of anilines is 1. The van der Waals surface area contributed by atoms with E-state index in [4.69, 9.17) is 4.98 Å². The Morgan fingerprint density at radius 2 is 1.90 bits per heavy atom. The number of aryl methyl sites for hydroxylation is 1. The van der Waals surface area contributed by atoms with Crippen LogP contribution in [0.2, 0.25) is 0 Å². The molecule has 0 spiro atoms. The highest BCUT2D eigenvalue weighted by Crippen LogP contribution is 2.28. The van der Waals surface area contributed by atoms with Crippen molar-refractivity contribution in [2.45, 2.75) is 40.2 Å². The number of rotatable bonds is 7. The molecule has 20 heavy (non-hydrogen) atoms.